The van der Waals surface area contributed by atoms with E-state index in [2.05, 4.69) is 32.0 Å². The Bertz CT molecular complexity index is 454. The smallest absolute Gasteiger partial charge is 0.128 e. The first-order chi connectivity index (χ1) is 8.61. The van der Waals surface area contributed by atoms with Crippen LogP contribution in [0.3, 0.4) is 0 Å². The highest BCUT2D eigenvalue weighted by atomic mass is 16.5. The molecular formula is C16H22O2. The van der Waals surface area contributed by atoms with Crippen molar-refractivity contribution in [2.24, 2.45) is 11.8 Å². The fourth-order valence-electron chi connectivity index (χ4n) is 3.59. The maximum Gasteiger partial charge on any atom is 0.128 e. The third kappa shape index (κ3) is 1.74. The van der Waals surface area contributed by atoms with Gasteiger partial charge in [-0.05, 0) is 36.7 Å². The Morgan fingerprint density at radius 1 is 1.33 bits per heavy atom. The predicted molar refractivity (Wildman–Crippen MR) is 71.7 cm³/mol. The van der Waals surface area contributed by atoms with Crippen LogP contribution in [0.25, 0.3) is 0 Å². The molecule has 0 radical (unpaired) electrons. The van der Waals surface area contributed by atoms with E-state index in [-0.39, 0.29) is 0 Å². The quantitative estimate of drug-likeness (QED) is 0.824. The molecule has 1 aromatic carbocycles. The van der Waals surface area contributed by atoms with Gasteiger partial charge in [-0.25, -0.2) is 0 Å². The molecule has 3 unspecified atom stereocenters. The number of ether oxygens (including phenoxy) is 1. The lowest BCUT2D eigenvalue weighted by Gasteiger charge is -2.41. The van der Waals surface area contributed by atoms with Gasteiger partial charge in [0.05, 0.1) is 12.2 Å². The topological polar surface area (TPSA) is 29.5 Å². The molecule has 1 aliphatic heterocycles. The molecule has 1 aromatic rings. The number of para-hydroxylation sites is 1. The summed E-state index contributed by atoms with van der Waals surface area (Å²) in [6.07, 6.45) is 4.03. The zero-order valence-electron chi connectivity index (χ0n) is 11.3. The Kier molecular flexibility index (Phi) is 2.86. The molecule has 0 aromatic heterocycles. The molecule has 0 bridgehead atoms. The highest BCUT2D eigenvalue weighted by Crippen LogP contribution is 2.48. The fraction of sp³-hybridized carbons (Fsp3) is 0.625. The van der Waals surface area contributed by atoms with Gasteiger partial charge in [-0.2, -0.15) is 0 Å². The lowest BCUT2D eigenvalue weighted by molar-refractivity contribution is -0.0601. The van der Waals surface area contributed by atoms with Crippen LogP contribution in [0, 0.1) is 11.8 Å². The molecule has 3 rings (SSSR count). The second-order valence-electron chi connectivity index (χ2n) is 6.10. The van der Waals surface area contributed by atoms with Crippen molar-refractivity contribution < 1.29 is 9.84 Å². The molecule has 1 fully saturated rings. The zero-order valence-corrected chi connectivity index (χ0v) is 11.3. The molecular weight excluding hydrogens is 224 g/mol. The normalized spacial score (nSPS) is 35.1. The average molecular weight is 246 g/mol. The summed E-state index contributed by atoms with van der Waals surface area (Å²) < 4.78 is 5.76. The number of rotatable bonds is 1. The highest BCUT2D eigenvalue weighted by molar-refractivity contribution is 5.47. The standard InChI is InChI=1S/C16H22O2/c1-11-6-8-16(17,12(2)10-11)14-5-3-4-13-7-9-18-15(13)14/h3-5,11-12,17H,6-10H2,1-2H3. The molecule has 1 saturated carbocycles. The number of hydrogen-bond acceptors (Lipinski definition) is 2. The molecule has 1 heterocycles. The molecule has 0 spiro atoms. The molecule has 2 nitrogen and oxygen atoms in total. The number of fused-ring (bicyclic) bond motifs is 1. The fourth-order valence-corrected chi connectivity index (χ4v) is 3.59. The molecule has 2 aliphatic rings. The van der Waals surface area contributed by atoms with Gasteiger partial charge in [-0.15, -0.1) is 0 Å². The van der Waals surface area contributed by atoms with Crippen LogP contribution in [0.2, 0.25) is 0 Å². The predicted octanol–water partition coefficient (Wildman–Crippen LogP) is 3.27. The van der Waals surface area contributed by atoms with Crippen molar-refractivity contribution in [3.8, 4) is 5.75 Å². The van der Waals surface area contributed by atoms with Gasteiger partial charge in [0.1, 0.15) is 5.75 Å². The molecule has 18 heavy (non-hydrogen) atoms. The van der Waals surface area contributed by atoms with Gasteiger partial charge in [-0.1, -0.05) is 32.0 Å². The molecule has 98 valence electrons. The summed E-state index contributed by atoms with van der Waals surface area (Å²) in [5, 5.41) is 11.1. The minimum Gasteiger partial charge on any atom is -0.493 e. The molecule has 2 heteroatoms. The van der Waals surface area contributed by atoms with Gasteiger partial charge >= 0.3 is 0 Å². The monoisotopic (exact) mass is 246 g/mol. The lowest BCUT2D eigenvalue weighted by atomic mass is 9.68. The van der Waals surface area contributed by atoms with Gasteiger partial charge in [-0.3, -0.25) is 0 Å². The zero-order chi connectivity index (χ0) is 12.8. The van der Waals surface area contributed by atoms with E-state index in [0.29, 0.717) is 5.92 Å². The maximum atomic E-state index is 11.1. The minimum atomic E-state index is -0.692. The van der Waals surface area contributed by atoms with Gasteiger partial charge in [0.15, 0.2) is 0 Å². The van der Waals surface area contributed by atoms with Crippen LogP contribution in [-0.2, 0) is 12.0 Å². The van der Waals surface area contributed by atoms with Crippen molar-refractivity contribution >= 4 is 0 Å². The highest BCUT2D eigenvalue weighted by Gasteiger charge is 2.42. The molecule has 0 amide bonds. The Hall–Kier alpha value is -1.02. The third-order valence-electron chi connectivity index (χ3n) is 4.77. The summed E-state index contributed by atoms with van der Waals surface area (Å²) >= 11 is 0. The largest absolute Gasteiger partial charge is 0.493 e. The van der Waals surface area contributed by atoms with Crippen molar-refractivity contribution in [1.82, 2.24) is 0 Å². The summed E-state index contributed by atoms with van der Waals surface area (Å²) in [7, 11) is 0. The average Bonchev–Trinajstić information content (AvgIpc) is 2.82. The van der Waals surface area contributed by atoms with Crippen LogP contribution < -0.4 is 4.74 Å². The van der Waals surface area contributed by atoms with Crippen molar-refractivity contribution in [3.05, 3.63) is 29.3 Å². The molecule has 1 N–H and O–H groups in total. The summed E-state index contributed by atoms with van der Waals surface area (Å²) in [6, 6.07) is 6.23. The SMILES string of the molecule is CC1CCC(O)(c2cccc3c2OCC3)C(C)C1. The number of aliphatic hydroxyl groups is 1. The van der Waals surface area contributed by atoms with E-state index in [1.807, 2.05) is 0 Å². The Morgan fingerprint density at radius 3 is 2.94 bits per heavy atom. The van der Waals surface area contributed by atoms with Crippen LogP contribution in [0.15, 0.2) is 18.2 Å². The van der Waals surface area contributed by atoms with Gasteiger partial charge in [0.2, 0.25) is 0 Å². The second kappa shape index (κ2) is 4.27. The summed E-state index contributed by atoms with van der Waals surface area (Å²) in [5.41, 5.74) is 1.59. The van der Waals surface area contributed by atoms with Crippen molar-refractivity contribution in [2.75, 3.05) is 6.61 Å². The van der Waals surface area contributed by atoms with Crippen molar-refractivity contribution in [3.63, 3.8) is 0 Å². The Balaban J connectivity index is 2.01. The van der Waals surface area contributed by atoms with E-state index < -0.39 is 5.60 Å². The van der Waals surface area contributed by atoms with Crippen LogP contribution in [0.1, 0.15) is 44.2 Å². The van der Waals surface area contributed by atoms with E-state index in [9.17, 15) is 5.11 Å². The summed E-state index contributed by atoms with van der Waals surface area (Å²) in [4.78, 5) is 0. The van der Waals surface area contributed by atoms with Crippen molar-refractivity contribution in [1.29, 1.82) is 0 Å². The van der Waals surface area contributed by atoms with Crippen LogP contribution in [-0.4, -0.2) is 11.7 Å². The minimum absolute atomic E-state index is 0.303. The van der Waals surface area contributed by atoms with E-state index in [1.54, 1.807) is 0 Å². The van der Waals surface area contributed by atoms with Gasteiger partial charge < -0.3 is 9.84 Å². The summed E-state index contributed by atoms with van der Waals surface area (Å²) in [5.74, 6) is 1.98. The molecule has 3 atom stereocenters. The van der Waals surface area contributed by atoms with Crippen LogP contribution in [0.4, 0.5) is 0 Å². The first-order valence-corrected chi connectivity index (χ1v) is 7.09. The van der Waals surface area contributed by atoms with Crippen molar-refractivity contribution in [2.45, 2.75) is 45.1 Å². The third-order valence-corrected chi connectivity index (χ3v) is 4.77. The van der Waals surface area contributed by atoms with Crippen LogP contribution in [0.5, 0.6) is 5.75 Å². The lowest BCUT2D eigenvalue weighted by Crippen LogP contribution is -2.38. The molecule has 0 saturated heterocycles. The molecule has 1 aliphatic carbocycles. The van der Waals surface area contributed by atoms with E-state index in [1.165, 1.54) is 5.56 Å². The van der Waals surface area contributed by atoms with E-state index in [4.69, 9.17) is 4.74 Å². The number of hydrogen-bond donors (Lipinski definition) is 1. The second-order valence-corrected chi connectivity index (χ2v) is 6.10. The van der Waals surface area contributed by atoms with E-state index in [0.717, 1.165) is 49.5 Å². The Labute approximate surface area is 109 Å². The first kappa shape index (κ1) is 12.0. The maximum absolute atomic E-state index is 11.1. The summed E-state index contributed by atoms with van der Waals surface area (Å²) in [6.45, 7) is 5.21. The number of benzene rings is 1. The Morgan fingerprint density at radius 2 is 2.17 bits per heavy atom. The van der Waals surface area contributed by atoms with Gasteiger partial charge in [0, 0.05) is 12.0 Å². The first-order valence-electron chi connectivity index (χ1n) is 7.09. The van der Waals surface area contributed by atoms with E-state index >= 15 is 0 Å². The van der Waals surface area contributed by atoms with Crippen LogP contribution >= 0.6 is 0 Å². The van der Waals surface area contributed by atoms with Gasteiger partial charge in [0.25, 0.3) is 0 Å².